The molecule has 3 aliphatic rings. The van der Waals surface area contributed by atoms with Crippen LogP contribution in [0.5, 0.6) is 0 Å². The first kappa shape index (κ1) is 16.1. The minimum atomic E-state index is -2.73. The van der Waals surface area contributed by atoms with Gasteiger partial charge in [-0.2, -0.15) is 0 Å². The molecule has 4 nitrogen and oxygen atoms in total. The number of nitrogens with one attached hydrogen (secondary N) is 1. The van der Waals surface area contributed by atoms with Crippen LogP contribution in [-0.4, -0.2) is 66.9 Å². The summed E-state index contributed by atoms with van der Waals surface area (Å²) in [5.74, 6) is -2.07. The summed E-state index contributed by atoms with van der Waals surface area (Å²) in [5, 5.41) is 2.67. The fourth-order valence-corrected chi connectivity index (χ4v) is 4.00. The van der Waals surface area contributed by atoms with E-state index >= 15 is 0 Å². The number of piperazine rings is 1. The molecule has 126 valence electrons. The number of amides is 1. The first-order valence-electron chi connectivity index (χ1n) is 8.66. The highest BCUT2D eigenvalue weighted by molar-refractivity contribution is 5.82. The van der Waals surface area contributed by atoms with E-state index in [4.69, 9.17) is 0 Å². The van der Waals surface area contributed by atoms with Crippen LogP contribution < -0.4 is 5.32 Å². The molecule has 1 saturated carbocycles. The molecule has 1 unspecified atom stereocenters. The minimum Gasteiger partial charge on any atom is -0.339 e. The van der Waals surface area contributed by atoms with Crippen molar-refractivity contribution in [1.82, 2.24) is 15.1 Å². The van der Waals surface area contributed by atoms with Crippen molar-refractivity contribution in [1.29, 1.82) is 0 Å². The maximum absolute atomic E-state index is 13.2. The Morgan fingerprint density at radius 2 is 1.77 bits per heavy atom. The van der Waals surface area contributed by atoms with E-state index in [-0.39, 0.29) is 18.9 Å². The zero-order valence-electron chi connectivity index (χ0n) is 13.2. The van der Waals surface area contributed by atoms with Crippen molar-refractivity contribution in [2.75, 3.05) is 39.3 Å². The van der Waals surface area contributed by atoms with E-state index in [2.05, 4.69) is 10.2 Å². The lowest BCUT2D eigenvalue weighted by molar-refractivity contribution is -0.135. The predicted molar refractivity (Wildman–Crippen MR) is 80.9 cm³/mol. The Hall–Kier alpha value is -0.750. The van der Waals surface area contributed by atoms with Crippen LogP contribution in [0.1, 0.15) is 38.5 Å². The minimum absolute atomic E-state index is 0.144. The van der Waals surface area contributed by atoms with Gasteiger partial charge in [-0.3, -0.25) is 15.0 Å². The van der Waals surface area contributed by atoms with E-state index in [9.17, 15) is 13.6 Å². The molecule has 1 N–H and O–H groups in total. The summed E-state index contributed by atoms with van der Waals surface area (Å²) in [6.45, 7) is 3.88. The first-order chi connectivity index (χ1) is 10.5. The van der Waals surface area contributed by atoms with Crippen molar-refractivity contribution in [2.45, 2.75) is 50.5 Å². The van der Waals surface area contributed by atoms with Gasteiger partial charge in [0.1, 0.15) is 0 Å². The first-order valence-corrected chi connectivity index (χ1v) is 8.66. The molecule has 2 heterocycles. The normalized spacial score (nSPS) is 30.6. The smallest absolute Gasteiger partial charge is 0.262 e. The van der Waals surface area contributed by atoms with Crippen molar-refractivity contribution >= 4 is 5.91 Å². The molecule has 6 heteroatoms. The van der Waals surface area contributed by atoms with Gasteiger partial charge in [-0.25, -0.2) is 8.78 Å². The van der Waals surface area contributed by atoms with Crippen LogP contribution in [0.15, 0.2) is 0 Å². The van der Waals surface area contributed by atoms with Gasteiger partial charge in [0.05, 0.1) is 12.6 Å². The number of rotatable bonds is 3. The molecule has 1 atom stereocenters. The van der Waals surface area contributed by atoms with Crippen LogP contribution in [0, 0.1) is 5.92 Å². The van der Waals surface area contributed by atoms with Gasteiger partial charge < -0.3 is 4.90 Å². The Labute approximate surface area is 131 Å². The molecule has 2 saturated heterocycles. The topological polar surface area (TPSA) is 35.6 Å². The van der Waals surface area contributed by atoms with E-state index < -0.39 is 12.0 Å². The molecule has 1 aliphatic carbocycles. The average Bonchev–Trinajstić information content (AvgIpc) is 2.88. The van der Waals surface area contributed by atoms with Gasteiger partial charge >= 0.3 is 0 Å². The molecular weight excluding hydrogens is 288 g/mol. The third-order valence-electron chi connectivity index (χ3n) is 5.33. The summed E-state index contributed by atoms with van der Waals surface area (Å²) in [4.78, 5) is 16.5. The van der Waals surface area contributed by atoms with Gasteiger partial charge in [0.2, 0.25) is 5.91 Å². The molecule has 0 aromatic rings. The molecule has 3 fully saturated rings. The number of hydrogen-bond acceptors (Lipinski definition) is 3. The van der Waals surface area contributed by atoms with Crippen LogP contribution >= 0.6 is 0 Å². The lowest BCUT2D eigenvalue weighted by Gasteiger charge is -2.38. The van der Waals surface area contributed by atoms with Gasteiger partial charge in [-0.05, 0) is 18.8 Å². The van der Waals surface area contributed by atoms with Crippen molar-refractivity contribution < 1.29 is 13.6 Å². The molecule has 0 aromatic carbocycles. The Kier molecular flexibility index (Phi) is 4.97. The summed E-state index contributed by atoms with van der Waals surface area (Å²) in [6.07, 6.45) is 6.39. The second-order valence-corrected chi connectivity index (χ2v) is 7.12. The summed E-state index contributed by atoms with van der Waals surface area (Å²) in [6, 6.07) is -0.695. The molecule has 3 rings (SSSR count). The molecule has 0 radical (unpaired) electrons. The zero-order chi connectivity index (χ0) is 15.6. The fraction of sp³-hybridized carbons (Fsp3) is 0.938. The SMILES string of the molecule is O=C(C1CC(F)(F)CN1)N1CCN(CC2CCCCC2)CC1. The van der Waals surface area contributed by atoms with E-state index in [0.717, 1.165) is 25.6 Å². The number of halogens is 2. The van der Waals surface area contributed by atoms with Crippen molar-refractivity contribution in [3.05, 3.63) is 0 Å². The summed E-state index contributed by atoms with van der Waals surface area (Å²) < 4.78 is 26.4. The monoisotopic (exact) mass is 315 g/mol. The lowest BCUT2D eigenvalue weighted by atomic mass is 9.89. The summed E-state index contributed by atoms with van der Waals surface area (Å²) in [7, 11) is 0. The lowest BCUT2D eigenvalue weighted by Crippen LogP contribution is -2.53. The van der Waals surface area contributed by atoms with E-state index in [1.165, 1.54) is 32.1 Å². The van der Waals surface area contributed by atoms with Crippen molar-refractivity contribution in [3.63, 3.8) is 0 Å². The highest BCUT2D eigenvalue weighted by atomic mass is 19.3. The van der Waals surface area contributed by atoms with E-state index in [1.807, 2.05) is 0 Å². The van der Waals surface area contributed by atoms with Crippen LogP contribution in [0.25, 0.3) is 0 Å². The molecule has 1 amide bonds. The highest BCUT2D eigenvalue weighted by Crippen LogP contribution is 2.27. The third-order valence-corrected chi connectivity index (χ3v) is 5.33. The number of carbonyl (C=O) groups excluding carboxylic acids is 1. The van der Waals surface area contributed by atoms with Crippen molar-refractivity contribution in [2.24, 2.45) is 5.92 Å². The Balaban J connectivity index is 1.42. The quantitative estimate of drug-likeness (QED) is 0.861. The largest absolute Gasteiger partial charge is 0.339 e. The van der Waals surface area contributed by atoms with Gasteiger partial charge in [0.25, 0.3) is 5.92 Å². The Morgan fingerprint density at radius 1 is 1.09 bits per heavy atom. The van der Waals surface area contributed by atoms with Crippen molar-refractivity contribution in [3.8, 4) is 0 Å². The van der Waals surface area contributed by atoms with Crippen LogP contribution in [0.4, 0.5) is 8.78 Å². The maximum atomic E-state index is 13.2. The summed E-state index contributed by atoms with van der Waals surface area (Å²) in [5.41, 5.74) is 0. The Bertz CT molecular complexity index is 391. The molecular formula is C16H27F2N3O. The van der Waals surface area contributed by atoms with E-state index in [0.29, 0.717) is 13.1 Å². The molecule has 0 aromatic heterocycles. The third kappa shape index (κ3) is 3.96. The molecule has 0 spiro atoms. The van der Waals surface area contributed by atoms with Crippen LogP contribution in [0.2, 0.25) is 0 Å². The van der Waals surface area contributed by atoms with Crippen LogP contribution in [0.3, 0.4) is 0 Å². The van der Waals surface area contributed by atoms with Gasteiger partial charge in [-0.15, -0.1) is 0 Å². The standard InChI is InChI=1S/C16H27F2N3O/c17-16(18)10-14(19-12-16)15(22)21-8-6-20(7-9-21)11-13-4-2-1-3-5-13/h13-14,19H,1-12H2. The number of hydrogen-bond donors (Lipinski definition) is 1. The number of alkyl halides is 2. The fourth-order valence-electron chi connectivity index (χ4n) is 4.00. The molecule has 0 bridgehead atoms. The van der Waals surface area contributed by atoms with Crippen LogP contribution in [-0.2, 0) is 4.79 Å². The second-order valence-electron chi connectivity index (χ2n) is 7.12. The maximum Gasteiger partial charge on any atom is 0.262 e. The zero-order valence-corrected chi connectivity index (χ0v) is 13.2. The number of carbonyl (C=O) groups is 1. The predicted octanol–water partition coefficient (Wildman–Crippen LogP) is 1.71. The van der Waals surface area contributed by atoms with Gasteiger partial charge in [0.15, 0.2) is 0 Å². The second kappa shape index (κ2) is 6.79. The summed E-state index contributed by atoms with van der Waals surface area (Å²) >= 11 is 0. The number of nitrogens with zero attached hydrogens (tertiary/aromatic N) is 2. The Morgan fingerprint density at radius 3 is 2.36 bits per heavy atom. The molecule has 2 aliphatic heterocycles. The highest BCUT2D eigenvalue weighted by Gasteiger charge is 2.43. The van der Waals surface area contributed by atoms with Gasteiger partial charge in [-0.1, -0.05) is 19.3 Å². The average molecular weight is 315 g/mol. The molecule has 22 heavy (non-hydrogen) atoms. The van der Waals surface area contributed by atoms with Gasteiger partial charge in [0, 0.05) is 39.1 Å². The van der Waals surface area contributed by atoms with E-state index in [1.54, 1.807) is 4.90 Å².